The van der Waals surface area contributed by atoms with Crippen LogP contribution in [0.1, 0.15) is 17.4 Å². The van der Waals surface area contributed by atoms with Crippen molar-refractivity contribution in [2.24, 2.45) is 7.05 Å². The zero-order valence-electron chi connectivity index (χ0n) is 13.5. The predicted octanol–water partition coefficient (Wildman–Crippen LogP) is 1.13. The molecule has 6 nitrogen and oxygen atoms in total. The zero-order chi connectivity index (χ0) is 16.4. The molecular formula is C16H22N4O2S. The molecule has 1 aliphatic heterocycles. The number of aryl methyl sites for hydroxylation is 1. The van der Waals surface area contributed by atoms with E-state index in [1.165, 1.54) is 0 Å². The second-order valence-electron chi connectivity index (χ2n) is 5.76. The SMILES string of the molecule is CCN1CCN(C(=O)CNC(=O)c2cc3sccc3n2C)CC1. The number of fused-ring (bicyclic) bond motifs is 1. The van der Waals surface area contributed by atoms with Gasteiger partial charge in [-0.25, -0.2) is 0 Å². The van der Waals surface area contributed by atoms with Crippen LogP contribution in [0.4, 0.5) is 0 Å². The first kappa shape index (κ1) is 16.0. The molecule has 1 saturated heterocycles. The van der Waals surface area contributed by atoms with Crippen LogP contribution in [0.5, 0.6) is 0 Å². The molecule has 0 spiro atoms. The van der Waals surface area contributed by atoms with E-state index < -0.39 is 0 Å². The average molecular weight is 334 g/mol. The summed E-state index contributed by atoms with van der Waals surface area (Å²) in [5.41, 5.74) is 1.64. The van der Waals surface area contributed by atoms with Crippen LogP contribution in [0.2, 0.25) is 0 Å². The van der Waals surface area contributed by atoms with Crippen molar-refractivity contribution >= 4 is 33.4 Å². The van der Waals surface area contributed by atoms with Gasteiger partial charge in [0.2, 0.25) is 5.91 Å². The van der Waals surface area contributed by atoms with Gasteiger partial charge in [0, 0.05) is 33.2 Å². The van der Waals surface area contributed by atoms with Crippen molar-refractivity contribution in [2.75, 3.05) is 39.3 Å². The molecule has 0 atom stereocenters. The maximum atomic E-state index is 12.3. The van der Waals surface area contributed by atoms with Crippen LogP contribution in [0.3, 0.4) is 0 Å². The number of piperazine rings is 1. The summed E-state index contributed by atoms with van der Waals surface area (Å²) in [4.78, 5) is 28.7. The topological polar surface area (TPSA) is 57.6 Å². The number of carbonyl (C=O) groups is 2. The van der Waals surface area contributed by atoms with E-state index in [1.807, 2.05) is 34.0 Å². The fourth-order valence-electron chi connectivity index (χ4n) is 2.94. The van der Waals surface area contributed by atoms with Gasteiger partial charge >= 0.3 is 0 Å². The number of hydrogen-bond acceptors (Lipinski definition) is 4. The summed E-state index contributed by atoms with van der Waals surface area (Å²) < 4.78 is 2.95. The molecule has 0 aliphatic carbocycles. The minimum Gasteiger partial charge on any atom is -0.342 e. The standard InChI is InChI=1S/C16H22N4O2S/c1-3-19-5-7-20(8-6-19)15(21)11-17-16(22)13-10-14-12(18(13)2)4-9-23-14/h4,9-10H,3,5-8,11H2,1-2H3,(H,17,22). The molecule has 7 heteroatoms. The van der Waals surface area contributed by atoms with Crippen LogP contribution in [0.25, 0.3) is 10.2 Å². The summed E-state index contributed by atoms with van der Waals surface area (Å²) in [7, 11) is 1.87. The Bertz CT molecular complexity index is 713. The van der Waals surface area contributed by atoms with Gasteiger partial charge in [0.1, 0.15) is 5.69 Å². The number of rotatable bonds is 4. The van der Waals surface area contributed by atoms with Crippen LogP contribution in [-0.4, -0.2) is 65.4 Å². The van der Waals surface area contributed by atoms with Crippen molar-refractivity contribution in [3.05, 3.63) is 23.2 Å². The summed E-state index contributed by atoms with van der Waals surface area (Å²) in [6.07, 6.45) is 0. The highest BCUT2D eigenvalue weighted by Crippen LogP contribution is 2.23. The van der Waals surface area contributed by atoms with E-state index in [1.54, 1.807) is 11.3 Å². The molecule has 2 aromatic heterocycles. The van der Waals surface area contributed by atoms with Crippen molar-refractivity contribution < 1.29 is 9.59 Å². The molecule has 2 aromatic rings. The van der Waals surface area contributed by atoms with Crippen LogP contribution < -0.4 is 5.32 Å². The van der Waals surface area contributed by atoms with Crippen molar-refractivity contribution in [2.45, 2.75) is 6.92 Å². The Balaban J connectivity index is 1.55. The monoisotopic (exact) mass is 334 g/mol. The Morgan fingerprint density at radius 1 is 1.26 bits per heavy atom. The van der Waals surface area contributed by atoms with Gasteiger partial charge in [-0.2, -0.15) is 0 Å². The van der Waals surface area contributed by atoms with Crippen molar-refractivity contribution in [3.63, 3.8) is 0 Å². The molecule has 3 rings (SSSR count). The molecule has 0 aromatic carbocycles. The minimum atomic E-state index is -0.198. The van der Waals surface area contributed by atoms with Crippen LogP contribution in [0, 0.1) is 0 Å². The summed E-state index contributed by atoms with van der Waals surface area (Å²) in [6.45, 7) is 6.50. The molecule has 3 heterocycles. The van der Waals surface area contributed by atoms with Gasteiger partial charge in [0.05, 0.1) is 16.8 Å². The normalized spacial score (nSPS) is 16.0. The highest BCUT2D eigenvalue weighted by molar-refractivity contribution is 7.17. The fraction of sp³-hybridized carbons (Fsp3) is 0.500. The largest absolute Gasteiger partial charge is 0.342 e. The molecule has 0 unspecified atom stereocenters. The summed E-state index contributed by atoms with van der Waals surface area (Å²) >= 11 is 1.61. The fourth-order valence-corrected chi connectivity index (χ4v) is 3.79. The second kappa shape index (κ2) is 6.72. The third-order valence-electron chi connectivity index (χ3n) is 4.47. The smallest absolute Gasteiger partial charge is 0.268 e. The second-order valence-corrected chi connectivity index (χ2v) is 6.70. The molecule has 2 amide bonds. The Morgan fingerprint density at radius 3 is 2.65 bits per heavy atom. The number of nitrogens with one attached hydrogen (secondary N) is 1. The molecule has 0 radical (unpaired) electrons. The highest BCUT2D eigenvalue weighted by atomic mass is 32.1. The lowest BCUT2D eigenvalue weighted by atomic mass is 10.3. The van der Waals surface area contributed by atoms with Gasteiger partial charge in [-0.05, 0) is 24.1 Å². The molecule has 1 fully saturated rings. The maximum Gasteiger partial charge on any atom is 0.268 e. The molecule has 1 aliphatic rings. The van der Waals surface area contributed by atoms with E-state index in [0.29, 0.717) is 5.69 Å². The maximum absolute atomic E-state index is 12.3. The molecule has 1 N–H and O–H groups in total. The lowest BCUT2D eigenvalue weighted by molar-refractivity contribution is -0.131. The van der Waals surface area contributed by atoms with E-state index >= 15 is 0 Å². The van der Waals surface area contributed by atoms with Gasteiger partial charge in [0.25, 0.3) is 5.91 Å². The number of thiophene rings is 1. The summed E-state index contributed by atoms with van der Waals surface area (Å²) in [6, 6.07) is 3.87. The van der Waals surface area contributed by atoms with E-state index in [9.17, 15) is 9.59 Å². The average Bonchev–Trinajstić information content (AvgIpc) is 3.15. The number of carbonyl (C=O) groups excluding carboxylic acids is 2. The summed E-state index contributed by atoms with van der Waals surface area (Å²) in [5.74, 6) is -0.207. The number of hydrogen-bond donors (Lipinski definition) is 1. The number of nitrogens with zero attached hydrogens (tertiary/aromatic N) is 3. The molecule has 0 saturated carbocycles. The predicted molar refractivity (Wildman–Crippen MR) is 91.8 cm³/mol. The van der Waals surface area contributed by atoms with E-state index in [2.05, 4.69) is 17.1 Å². The Kier molecular flexibility index (Phi) is 4.68. The van der Waals surface area contributed by atoms with Gasteiger partial charge in [-0.15, -0.1) is 11.3 Å². The molecule has 23 heavy (non-hydrogen) atoms. The van der Waals surface area contributed by atoms with Crippen molar-refractivity contribution in [1.29, 1.82) is 0 Å². The van der Waals surface area contributed by atoms with E-state index in [0.717, 1.165) is 42.9 Å². The van der Waals surface area contributed by atoms with E-state index in [-0.39, 0.29) is 18.4 Å². The van der Waals surface area contributed by atoms with Crippen LogP contribution >= 0.6 is 11.3 Å². The zero-order valence-corrected chi connectivity index (χ0v) is 14.4. The molecular weight excluding hydrogens is 312 g/mol. The van der Waals surface area contributed by atoms with Gasteiger partial charge in [-0.1, -0.05) is 6.92 Å². The van der Waals surface area contributed by atoms with Crippen LogP contribution in [0.15, 0.2) is 17.5 Å². The third kappa shape index (κ3) is 3.25. The van der Waals surface area contributed by atoms with Crippen molar-refractivity contribution in [1.82, 2.24) is 19.7 Å². The number of amides is 2. The molecule has 124 valence electrons. The number of aromatic nitrogens is 1. The van der Waals surface area contributed by atoms with Gasteiger partial charge < -0.3 is 19.7 Å². The van der Waals surface area contributed by atoms with Crippen molar-refractivity contribution in [3.8, 4) is 0 Å². The third-order valence-corrected chi connectivity index (χ3v) is 5.32. The Morgan fingerprint density at radius 2 is 2.00 bits per heavy atom. The van der Waals surface area contributed by atoms with Crippen LogP contribution in [-0.2, 0) is 11.8 Å². The first-order valence-electron chi connectivity index (χ1n) is 7.91. The highest BCUT2D eigenvalue weighted by Gasteiger charge is 2.21. The Labute approximate surface area is 139 Å². The molecule has 0 bridgehead atoms. The quantitative estimate of drug-likeness (QED) is 0.912. The first-order valence-corrected chi connectivity index (χ1v) is 8.79. The lowest BCUT2D eigenvalue weighted by Crippen LogP contribution is -2.51. The first-order chi connectivity index (χ1) is 11.1. The van der Waals surface area contributed by atoms with Gasteiger partial charge in [-0.3, -0.25) is 9.59 Å². The van der Waals surface area contributed by atoms with E-state index in [4.69, 9.17) is 0 Å². The Hall–Kier alpha value is -1.86. The minimum absolute atomic E-state index is 0.00914. The van der Waals surface area contributed by atoms with Gasteiger partial charge in [0.15, 0.2) is 0 Å². The summed E-state index contributed by atoms with van der Waals surface area (Å²) in [5, 5.41) is 4.76. The lowest BCUT2D eigenvalue weighted by Gasteiger charge is -2.34. The number of likely N-dealkylation sites (N-methyl/N-ethyl adjacent to an activating group) is 1.